The molecule has 1 aliphatic rings. The van der Waals surface area contributed by atoms with Crippen LogP contribution in [0.25, 0.3) is 22.3 Å². The maximum Gasteiger partial charge on any atom is 0.407 e. The summed E-state index contributed by atoms with van der Waals surface area (Å²) in [6, 6.07) is 26.1. The first kappa shape index (κ1) is 32.1. The minimum Gasteiger partial charge on any atom is -0.497 e. The third-order valence-corrected chi connectivity index (χ3v) is 8.28. The summed E-state index contributed by atoms with van der Waals surface area (Å²) in [4.78, 5) is 39.6. The van der Waals surface area contributed by atoms with E-state index in [1.54, 1.807) is 38.4 Å². The number of nitrogens with zero attached hydrogens (tertiary/aromatic N) is 1. The summed E-state index contributed by atoms with van der Waals surface area (Å²) in [7, 11) is 3.23. The largest absolute Gasteiger partial charge is 0.497 e. The Bertz CT molecular complexity index is 1720. The average Bonchev–Trinajstić information content (AvgIpc) is 3.38. The number of anilines is 1. The molecule has 0 saturated carbocycles. The number of methoxy groups -OCH3 is 1. The van der Waals surface area contributed by atoms with E-state index in [9.17, 15) is 14.4 Å². The lowest BCUT2D eigenvalue weighted by Gasteiger charge is -2.28. The fourth-order valence-electron chi connectivity index (χ4n) is 5.89. The van der Waals surface area contributed by atoms with Crippen LogP contribution in [-0.2, 0) is 14.3 Å². The van der Waals surface area contributed by atoms with Crippen LogP contribution in [0, 0.1) is 12.8 Å². The number of hydrogen-bond donors (Lipinski definition) is 2. The van der Waals surface area contributed by atoms with E-state index in [2.05, 4.69) is 29.6 Å². The van der Waals surface area contributed by atoms with E-state index < -0.39 is 24.7 Å². The summed E-state index contributed by atoms with van der Waals surface area (Å²) in [6.07, 6.45) is -0.662. The Morgan fingerprint density at radius 1 is 0.891 bits per heavy atom. The van der Waals surface area contributed by atoms with Gasteiger partial charge in [-0.3, -0.25) is 4.79 Å². The summed E-state index contributed by atoms with van der Waals surface area (Å²) >= 11 is 0. The lowest BCUT2D eigenvalue weighted by atomic mass is 9.98. The van der Waals surface area contributed by atoms with Gasteiger partial charge in [0.2, 0.25) is 5.91 Å². The number of alkyl carbamates (subject to hydrolysis) is 1. The van der Waals surface area contributed by atoms with Gasteiger partial charge < -0.3 is 29.5 Å². The van der Waals surface area contributed by atoms with Crippen LogP contribution in [0.1, 0.15) is 36.5 Å². The van der Waals surface area contributed by atoms with Gasteiger partial charge in [-0.25, -0.2) is 9.59 Å². The number of aryl methyl sites for hydroxylation is 1. The molecule has 4 aromatic rings. The number of carboxylic acids is 1. The predicted octanol–water partition coefficient (Wildman–Crippen LogP) is 6.66. The Hall–Kier alpha value is -5.31. The molecule has 46 heavy (non-hydrogen) atoms. The van der Waals surface area contributed by atoms with E-state index in [0.29, 0.717) is 22.7 Å². The van der Waals surface area contributed by atoms with Gasteiger partial charge in [0, 0.05) is 18.5 Å². The summed E-state index contributed by atoms with van der Waals surface area (Å²) in [5.41, 5.74) is 7.32. The zero-order valence-electron chi connectivity index (χ0n) is 26.6. The number of amides is 2. The first-order chi connectivity index (χ1) is 22.1. The fraction of sp³-hybridized carbons (Fsp3) is 0.270. The van der Waals surface area contributed by atoms with E-state index in [0.717, 1.165) is 33.4 Å². The van der Waals surface area contributed by atoms with Gasteiger partial charge in [0.1, 0.15) is 24.1 Å². The van der Waals surface area contributed by atoms with Crippen molar-refractivity contribution in [2.24, 2.45) is 5.92 Å². The summed E-state index contributed by atoms with van der Waals surface area (Å²) < 4.78 is 16.6. The SMILES string of the molecule is COc1ccc(N(C)C(=O)[C@@H](NC(=O)OCC2c3ccccc3-c3ccccc32)C(C)C)c(-c2ccc(OCC(=O)O)c(C)c2)c1. The van der Waals surface area contributed by atoms with Crippen LogP contribution in [-0.4, -0.2) is 56.5 Å². The molecule has 0 aromatic heterocycles. The number of likely N-dealkylation sites (N-methyl/N-ethyl adjacent to an activating group) is 1. The molecule has 0 heterocycles. The highest BCUT2D eigenvalue weighted by atomic mass is 16.5. The number of carbonyl (C=O) groups excluding carboxylic acids is 2. The van der Waals surface area contributed by atoms with E-state index in [-0.39, 0.29) is 24.3 Å². The average molecular weight is 623 g/mol. The molecular formula is C37H38N2O7. The minimum absolute atomic E-state index is 0.0970. The van der Waals surface area contributed by atoms with Gasteiger partial charge in [-0.2, -0.15) is 0 Å². The smallest absolute Gasteiger partial charge is 0.407 e. The van der Waals surface area contributed by atoms with Gasteiger partial charge in [0.05, 0.1) is 12.8 Å². The second-order valence-corrected chi connectivity index (χ2v) is 11.6. The number of aliphatic carboxylic acids is 1. The van der Waals surface area contributed by atoms with Crippen molar-refractivity contribution in [1.82, 2.24) is 5.32 Å². The zero-order valence-corrected chi connectivity index (χ0v) is 26.6. The van der Waals surface area contributed by atoms with Crippen LogP contribution < -0.4 is 19.7 Å². The van der Waals surface area contributed by atoms with Crippen molar-refractivity contribution in [3.63, 3.8) is 0 Å². The molecule has 0 saturated heterocycles. The van der Waals surface area contributed by atoms with Crippen LogP contribution >= 0.6 is 0 Å². The van der Waals surface area contributed by atoms with Gasteiger partial charge in [0.25, 0.3) is 0 Å². The van der Waals surface area contributed by atoms with Crippen LogP contribution in [0.5, 0.6) is 11.5 Å². The van der Waals surface area contributed by atoms with Crippen molar-refractivity contribution >= 4 is 23.7 Å². The topological polar surface area (TPSA) is 114 Å². The van der Waals surface area contributed by atoms with E-state index in [1.807, 2.05) is 57.2 Å². The van der Waals surface area contributed by atoms with E-state index in [4.69, 9.17) is 19.3 Å². The van der Waals surface area contributed by atoms with E-state index >= 15 is 0 Å². The molecule has 0 aliphatic heterocycles. The van der Waals surface area contributed by atoms with Crippen molar-refractivity contribution in [1.29, 1.82) is 0 Å². The summed E-state index contributed by atoms with van der Waals surface area (Å²) in [5, 5.41) is 11.8. The third kappa shape index (κ3) is 6.68. The van der Waals surface area contributed by atoms with Gasteiger partial charge >= 0.3 is 12.1 Å². The molecule has 0 bridgehead atoms. The minimum atomic E-state index is -1.06. The van der Waals surface area contributed by atoms with Gasteiger partial charge in [0.15, 0.2) is 6.61 Å². The number of fused-ring (bicyclic) bond motifs is 3. The molecule has 9 nitrogen and oxygen atoms in total. The Kier molecular flexibility index (Phi) is 9.61. The Morgan fingerprint density at radius 2 is 1.54 bits per heavy atom. The molecule has 4 aromatic carbocycles. The van der Waals surface area contributed by atoms with Gasteiger partial charge in [-0.05, 0) is 76.6 Å². The number of rotatable bonds is 11. The molecule has 2 amide bonds. The number of hydrogen-bond acceptors (Lipinski definition) is 6. The highest BCUT2D eigenvalue weighted by Gasteiger charge is 2.32. The van der Waals surface area contributed by atoms with Gasteiger partial charge in [-0.1, -0.05) is 68.4 Å². The van der Waals surface area contributed by atoms with Crippen LogP contribution in [0.2, 0.25) is 0 Å². The highest BCUT2D eigenvalue weighted by Crippen LogP contribution is 2.44. The third-order valence-electron chi connectivity index (χ3n) is 8.28. The Morgan fingerprint density at radius 3 is 2.13 bits per heavy atom. The van der Waals surface area contributed by atoms with E-state index in [1.165, 1.54) is 4.90 Å². The first-order valence-electron chi connectivity index (χ1n) is 15.1. The molecule has 0 spiro atoms. The number of carboxylic acid groups (broad SMARTS) is 1. The van der Waals surface area contributed by atoms with Crippen LogP contribution in [0.3, 0.4) is 0 Å². The van der Waals surface area contributed by atoms with Crippen molar-refractivity contribution in [2.75, 3.05) is 32.3 Å². The molecule has 0 unspecified atom stereocenters. The molecule has 238 valence electrons. The number of nitrogens with one attached hydrogen (secondary N) is 1. The number of ether oxygens (including phenoxy) is 3. The second-order valence-electron chi connectivity index (χ2n) is 11.6. The van der Waals surface area contributed by atoms with Gasteiger partial charge in [-0.15, -0.1) is 0 Å². The molecule has 0 radical (unpaired) electrons. The lowest BCUT2D eigenvalue weighted by molar-refractivity contribution is -0.139. The summed E-state index contributed by atoms with van der Waals surface area (Å²) in [6.45, 7) is 5.25. The van der Waals surface area contributed by atoms with Crippen molar-refractivity contribution in [3.8, 4) is 33.8 Å². The number of carbonyl (C=O) groups is 3. The molecule has 1 aliphatic carbocycles. The zero-order chi connectivity index (χ0) is 33.0. The standard InChI is InChI=1S/C37H38N2O7/c1-22(2)35(38-37(43)46-20-31-28-12-8-6-10-26(28)27-11-7-9-13-29(27)31)36(42)39(4)32-16-15-25(44-5)19-30(32)24-14-17-33(23(3)18-24)45-21-34(40)41/h6-19,22,31,35H,20-21H2,1-5H3,(H,38,43)(H,40,41)/t35-/m0/s1. The quantitative estimate of drug-likeness (QED) is 0.192. The first-order valence-corrected chi connectivity index (χ1v) is 15.1. The monoisotopic (exact) mass is 622 g/mol. The highest BCUT2D eigenvalue weighted by molar-refractivity contribution is 6.01. The van der Waals surface area contributed by atoms with Crippen molar-refractivity contribution in [3.05, 3.63) is 102 Å². The molecule has 9 heteroatoms. The predicted molar refractivity (Wildman–Crippen MR) is 177 cm³/mol. The maximum atomic E-state index is 14.0. The Labute approximate surface area is 268 Å². The van der Waals surface area contributed by atoms with Crippen molar-refractivity contribution < 1.29 is 33.7 Å². The molecular weight excluding hydrogens is 584 g/mol. The summed E-state index contributed by atoms with van der Waals surface area (Å²) in [5.74, 6) is -0.656. The Balaban J connectivity index is 1.33. The lowest BCUT2D eigenvalue weighted by Crippen LogP contribution is -2.50. The molecule has 5 rings (SSSR count). The molecule has 1 atom stereocenters. The molecule has 2 N–H and O–H groups in total. The van der Waals surface area contributed by atoms with Crippen LogP contribution in [0.4, 0.5) is 10.5 Å². The molecule has 0 fully saturated rings. The number of benzene rings is 4. The fourth-order valence-corrected chi connectivity index (χ4v) is 5.89. The normalized spacial score (nSPS) is 12.6. The van der Waals surface area contributed by atoms with Crippen molar-refractivity contribution in [2.45, 2.75) is 32.7 Å². The maximum absolute atomic E-state index is 14.0. The second kappa shape index (κ2) is 13.8. The van der Waals surface area contributed by atoms with Crippen LogP contribution in [0.15, 0.2) is 84.9 Å².